The fourth-order valence-corrected chi connectivity index (χ4v) is 2.18. The summed E-state index contributed by atoms with van der Waals surface area (Å²) in [6.45, 7) is 1.30. The summed E-state index contributed by atoms with van der Waals surface area (Å²) in [4.78, 5) is 0. The molecular weight excluding hydrogens is 206 g/mol. The molecule has 0 bridgehead atoms. The maximum atomic E-state index is 10.9. The Hall–Kier alpha value is -0.980. The van der Waals surface area contributed by atoms with Crippen LogP contribution in [0, 0.1) is 0 Å². The van der Waals surface area contributed by atoms with Gasteiger partial charge in [-0.3, -0.25) is 4.55 Å². The Bertz CT molecular complexity index is 387. The second kappa shape index (κ2) is 4.04. The molecule has 78 valence electrons. The largest absolute Gasteiger partial charge is 0.385 e. The van der Waals surface area contributed by atoms with E-state index in [1.54, 1.807) is 18.2 Å². The Kier molecular flexibility index (Phi) is 3.20. The molecule has 2 N–H and O–H groups in total. The van der Waals surface area contributed by atoms with Gasteiger partial charge in [-0.05, 0) is 6.92 Å². The number of pyridine rings is 1. The van der Waals surface area contributed by atoms with Crippen molar-refractivity contribution < 1.29 is 22.6 Å². The molecule has 0 radical (unpaired) electrons. The number of nitrogens with zero attached hydrogens (tertiary/aromatic N) is 1. The molecule has 1 aromatic rings. The average Bonchev–Trinajstić information content (AvgIpc) is 2.02. The number of aliphatic hydroxyl groups is 1. The van der Waals surface area contributed by atoms with Crippen molar-refractivity contribution in [2.75, 3.05) is 0 Å². The molecule has 1 rings (SSSR count). The standard InChI is InChI=1S/C8H11NO4S/c1-7(10)8(14(11,12)13)9-5-3-2-4-6-9/h2-8,10H,1H3/p+1. The predicted octanol–water partition coefficient (Wildman–Crippen LogP) is -0.259. The molecule has 2 atom stereocenters. The number of aromatic nitrogens is 1. The van der Waals surface area contributed by atoms with Crippen LogP contribution in [0.4, 0.5) is 0 Å². The van der Waals surface area contributed by atoms with Gasteiger partial charge in [0.05, 0.1) is 0 Å². The Morgan fingerprint density at radius 3 is 2.07 bits per heavy atom. The summed E-state index contributed by atoms with van der Waals surface area (Å²) in [5, 5.41) is 7.88. The topological polar surface area (TPSA) is 78.5 Å². The monoisotopic (exact) mass is 218 g/mol. The van der Waals surface area contributed by atoms with Crippen LogP contribution in [-0.2, 0) is 10.1 Å². The molecule has 0 spiro atoms. The van der Waals surface area contributed by atoms with Crippen molar-refractivity contribution in [1.29, 1.82) is 0 Å². The summed E-state index contributed by atoms with van der Waals surface area (Å²) < 4.78 is 32.0. The summed E-state index contributed by atoms with van der Waals surface area (Å²) in [6.07, 6.45) is 1.74. The van der Waals surface area contributed by atoms with Crippen molar-refractivity contribution in [3.63, 3.8) is 0 Å². The quantitative estimate of drug-likeness (QED) is 0.541. The number of aliphatic hydroxyl groups excluding tert-OH is 1. The second-order valence-corrected chi connectivity index (χ2v) is 4.48. The first kappa shape index (κ1) is 11.1. The first-order valence-electron chi connectivity index (χ1n) is 4.03. The van der Waals surface area contributed by atoms with Crippen LogP contribution in [0.5, 0.6) is 0 Å². The van der Waals surface area contributed by atoms with Crippen LogP contribution in [0.2, 0.25) is 0 Å². The molecule has 0 amide bonds. The summed E-state index contributed by atoms with van der Waals surface area (Å²) in [6, 6.07) is 4.93. The van der Waals surface area contributed by atoms with Gasteiger partial charge in [-0.15, -0.1) is 0 Å². The van der Waals surface area contributed by atoms with E-state index in [0.717, 1.165) is 0 Å². The summed E-state index contributed by atoms with van der Waals surface area (Å²) >= 11 is 0. The van der Waals surface area contributed by atoms with Crippen LogP contribution < -0.4 is 4.57 Å². The van der Waals surface area contributed by atoms with Gasteiger partial charge < -0.3 is 5.11 Å². The lowest BCUT2D eigenvalue weighted by atomic mass is 10.4. The van der Waals surface area contributed by atoms with Gasteiger partial charge in [0.2, 0.25) is 0 Å². The maximum absolute atomic E-state index is 10.9. The minimum absolute atomic E-state index is 1.18. The summed E-state index contributed by atoms with van der Waals surface area (Å²) in [7, 11) is -4.30. The van der Waals surface area contributed by atoms with Crippen molar-refractivity contribution >= 4 is 10.1 Å². The Morgan fingerprint density at radius 1 is 1.21 bits per heavy atom. The van der Waals surface area contributed by atoms with E-state index in [2.05, 4.69) is 0 Å². The molecule has 1 aromatic heterocycles. The molecular formula is C8H12NO4S+. The highest BCUT2D eigenvalue weighted by molar-refractivity contribution is 7.85. The van der Waals surface area contributed by atoms with Crippen LogP contribution in [0.1, 0.15) is 12.3 Å². The van der Waals surface area contributed by atoms with Crippen molar-refractivity contribution in [2.45, 2.75) is 18.4 Å². The molecule has 0 aromatic carbocycles. The van der Waals surface area contributed by atoms with Crippen LogP contribution >= 0.6 is 0 Å². The zero-order chi connectivity index (χ0) is 10.8. The Balaban J connectivity index is 3.15. The van der Waals surface area contributed by atoms with E-state index in [-0.39, 0.29) is 0 Å². The van der Waals surface area contributed by atoms with Crippen LogP contribution in [0.3, 0.4) is 0 Å². The normalized spacial score (nSPS) is 16.2. The smallest absolute Gasteiger partial charge is 0.332 e. The molecule has 2 unspecified atom stereocenters. The van der Waals surface area contributed by atoms with Gasteiger partial charge in [0, 0.05) is 12.1 Å². The zero-order valence-corrected chi connectivity index (χ0v) is 8.42. The van der Waals surface area contributed by atoms with Crippen molar-refractivity contribution in [3.05, 3.63) is 30.6 Å². The van der Waals surface area contributed by atoms with Gasteiger partial charge >= 0.3 is 15.5 Å². The molecule has 14 heavy (non-hydrogen) atoms. The van der Waals surface area contributed by atoms with Crippen molar-refractivity contribution in [1.82, 2.24) is 0 Å². The first-order chi connectivity index (χ1) is 6.43. The number of hydrogen-bond acceptors (Lipinski definition) is 3. The SMILES string of the molecule is CC(O)C([n+]1ccccc1)S(=O)(=O)O. The highest BCUT2D eigenvalue weighted by atomic mass is 32.2. The fourth-order valence-electron chi connectivity index (χ4n) is 1.23. The van der Waals surface area contributed by atoms with Crippen LogP contribution in [0.25, 0.3) is 0 Å². The van der Waals surface area contributed by atoms with Gasteiger partial charge in [0.15, 0.2) is 12.4 Å². The average molecular weight is 218 g/mol. The molecule has 5 nitrogen and oxygen atoms in total. The van der Waals surface area contributed by atoms with E-state index in [1.165, 1.54) is 23.9 Å². The third-order valence-corrected chi connectivity index (χ3v) is 3.00. The van der Waals surface area contributed by atoms with Gasteiger partial charge in [-0.2, -0.15) is 13.0 Å². The van der Waals surface area contributed by atoms with Gasteiger partial charge in [0.25, 0.3) is 0 Å². The van der Waals surface area contributed by atoms with E-state index in [0.29, 0.717) is 0 Å². The van der Waals surface area contributed by atoms with Gasteiger partial charge in [-0.25, -0.2) is 0 Å². The molecule has 0 aliphatic heterocycles. The molecule has 0 saturated carbocycles. The van der Waals surface area contributed by atoms with Crippen molar-refractivity contribution in [2.24, 2.45) is 0 Å². The molecule has 6 heteroatoms. The van der Waals surface area contributed by atoms with Crippen LogP contribution in [-0.4, -0.2) is 24.2 Å². The fraction of sp³-hybridized carbons (Fsp3) is 0.375. The minimum Gasteiger partial charge on any atom is -0.385 e. The Morgan fingerprint density at radius 2 is 1.71 bits per heavy atom. The van der Waals surface area contributed by atoms with Crippen LogP contribution in [0.15, 0.2) is 30.6 Å². The van der Waals surface area contributed by atoms with E-state index in [1.807, 2.05) is 0 Å². The lowest BCUT2D eigenvalue weighted by molar-refractivity contribution is -0.708. The third kappa shape index (κ3) is 2.50. The molecule has 0 saturated heterocycles. The third-order valence-electron chi connectivity index (χ3n) is 1.75. The second-order valence-electron chi connectivity index (χ2n) is 2.97. The van der Waals surface area contributed by atoms with Gasteiger partial charge in [-0.1, -0.05) is 6.07 Å². The summed E-state index contributed by atoms with van der Waals surface area (Å²) in [5.74, 6) is 0. The number of rotatable bonds is 3. The number of hydrogen-bond donors (Lipinski definition) is 2. The van der Waals surface area contributed by atoms with E-state index in [4.69, 9.17) is 4.55 Å². The molecule has 0 aliphatic rings. The summed E-state index contributed by atoms with van der Waals surface area (Å²) in [5.41, 5.74) is 0. The zero-order valence-electron chi connectivity index (χ0n) is 7.61. The lowest BCUT2D eigenvalue weighted by Crippen LogP contribution is -2.48. The molecule has 0 fully saturated rings. The predicted molar refractivity (Wildman–Crippen MR) is 48.9 cm³/mol. The van der Waals surface area contributed by atoms with E-state index < -0.39 is 21.6 Å². The highest BCUT2D eigenvalue weighted by Crippen LogP contribution is 2.10. The highest BCUT2D eigenvalue weighted by Gasteiger charge is 2.36. The molecule has 0 aliphatic carbocycles. The Labute approximate surface area is 82.4 Å². The first-order valence-corrected chi connectivity index (χ1v) is 5.53. The van der Waals surface area contributed by atoms with E-state index >= 15 is 0 Å². The van der Waals surface area contributed by atoms with Gasteiger partial charge in [0.1, 0.15) is 6.10 Å². The van der Waals surface area contributed by atoms with E-state index in [9.17, 15) is 13.5 Å². The minimum atomic E-state index is -4.30. The maximum Gasteiger partial charge on any atom is 0.332 e. The van der Waals surface area contributed by atoms with Crippen molar-refractivity contribution in [3.8, 4) is 0 Å². The molecule has 1 heterocycles. The lowest BCUT2D eigenvalue weighted by Gasteiger charge is -2.11.